The van der Waals surface area contributed by atoms with E-state index in [0.29, 0.717) is 6.54 Å². The maximum absolute atomic E-state index is 11.0. The highest BCUT2D eigenvalue weighted by atomic mass is 16.4. The molecule has 1 rings (SSSR count). The lowest BCUT2D eigenvalue weighted by Crippen LogP contribution is -2.47. The average molecular weight is 343 g/mol. The fraction of sp³-hybridized carbons (Fsp3) is 0.667. The molecule has 9 nitrogen and oxygen atoms in total. The summed E-state index contributed by atoms with van der Waals surface area (Å²) in [6.45, 7) is 7.79. The Morgan fingerprint density at radius 3 is 1.92 bits per heavy atom. The van der Waals surface area contributed by atoms with E-state index in [0.717, 1.165) is 39.3 Å². The Hall–Kier alpha value is -2.15. The quantitative estimate of drug-likeness (QED) is 0.405. The van der Waals surface area contributed by atoms with Gasteiger partial charge in [0.15, 0.2) is 0 Å². The number of β-amino-alcohol motifs (C(OH)–C–C–N with tert-alkyl or cyclic N) is 1. The number of hydrogen-bond donors (Lipinski definition) is 3. The molecule has 1 aliphatic heterocycles. The highest BCUT2D eigenvalue weighted by molar-refractivity contribution is 6.27. The number of aliphatic hydroxyl groups is 1. The first kappa shape index (κ1) is 21.9. The van der Waals surface area contributed by atoms with Gasteiger partial charge in [-0.3, -0.25) is 14.6 Å². The van der Waals surface area contributed by atoms with Gasteiger partial charge in [0, 0.05) is 46.7 Å². The molecule has 1 amide bonds. The molecule has 136 valence electrons. The second-order valence-corrected chi connectivity index (χ2v) is 5.18. The maximum atomic E-state index is 11.0. The summed E-state index contributed by atoms with van der Waals surface area (Å²) in [6.07, 6.45) is 0. The first-order valence-corrected chi connectivity index (χ1v) is 7.47. The van der Waals surface area contributed by atoms with Crippen molar-refractivity contribution in [2.24, 2.45) is 0 Å². The number of amides is 1. The van der Waals surface area contributed by atoms with Gasteiger partial charge in [0.25, 0.3) is 0 Å². The molecule has 0 unspecified atom stereocenters. The second kappa shape index (κ2) is 12.3. The largest absolute Gasteiger partial charge is 0.473 e. The van der Waals surface area contributed by atoms with Crippen LogP contribution in [0.15, 0.2) is 0 Å². The molecule has 0 aromatic rings. The van der Waals surface area contributed by atoms with E-state index in [9.17, 15) is 4.79 Å². The topological polar surface area (TPSA) is 122 Å². The molecule has 3 N–H and O–H groups in total. The summed E-state index contributed by atoms with van der Waals surface area (Å²) >= 11 is 0. The van der Waals surface area contributed by atoms with Gasteiger partial charge >= 0.3 is 11.9 Å². The standard InChI is InChI=1S/C13H23N3O2.C2H2O4/c1-13(18)14(2)5-3-4-6-15-7-9-16(10-8-15)11-12-17;3-1(4)2(5)6/h17H,5-12H2,1-2H3;(H,3,4)(H,5,6). The lowest BCUT2D eigenvalue weighted by atomic mass is 10.3. The van der Waals surface area contributed by atoms with Crippen molar-refractivity contribution < 1.29 is 29.7 Å². The van der Waals surface area contributed by atoms with Crippen molar-refractivity contribution in [2.45, 2.75) is 6.92 Å². The average Bonchev–Trinajstić information content (AvgIpc) is 2.53. The predicted molar refractivity (Wildman–Crippen MR) is 86.3 cm³/mol. The minimum Gasteiger partial charge on any atom is -0.473 e. The van der Waals surface area contributed by atoms with Gasteiger partial charge in [-0.05, 0) is 0 Å². The molecule has 1 fully saturated rings. The summed E-state index contributed by atoms with van der Waals surface area (Å²) in [5, 5.41) is 23.6. The molecule has 0 bridgehead atoms. The molecule has 0 aromatic carbocycles. The van der Waals surface area contributed by atoms with E-state index in [1.807, 2.05) is 0 Å². The summed E-state index contributed by atoms with van der Waals surface area (Å²) in [4.78, 5) is 35.3. The number of carboxylic acids is 2. The maximum Gasteiger partial charge on any atom is 0.414 e. The highest BCUT2D eigenvalue weighted by Crippen LogP contribution is 1.99. The summed E-state index contributed by atoms with van der Waals surface area (Å²) < 4.78 is 0. The zero-order chi connectivity index (χ0) is 18.5. The number of rotatable bonds is 4. The van der Waals surface area contributed by atoms with Gasteiger partial charge in [-0.25, -0.2) is 9.59 Å². The van der Waals surface area contributed by atoms with Crippen molar-refractivity contribution in [1.29, 1.82) is 0 Å². The predicted octanol–water partition coefficient (Wildman–Crippen LogP) is -1.77. The molecule has 0 aromatic heterocycles. The molecular formula is C15H25N3O6. The number of hydrogen-bond acceptors (Lipinski definition) is 6. The molecule has 1 saturated heterocycles. The van der Waals surface area contributed by atoms with E-state index < -0.39 is 11.9 Å². The number of aliphatic carboxylic acids is 2. The lowest BCUT2D eigenvalue weighted by molar-refractivity contribution is -0.159. The van der Waals surface area contributed by atoms with Crippen LogP contribution in [0, 0.1) is 11.8 Å². The summed E-state index contributed by atoms with van der Waals surface area (Å²) in [5.41, 5.74) is 0. The second-order valence-electron chi connectivity index (χ2n) is 5.18. The Balaban J connectivity index is 0.000000754. The van der Waals surface area contributed by atoms with E-state index in [1.165, 1.54) is 0 Å². The van der Waals surface area contributed by atoms with E-state index in [2.05, 4.69) is 21.6 Å². The molecular weight excluding hydrogens is 318 g/mol. The van der Waals surface area contributed by atoms with Crippen molar-refractivity contribution in [3.8, 4) is 11.8 Å². The van der Waals surface area contributed by atoms with Crippen LogP contribution in [0.4, 0.5) is 0 Å². The molecule has 1 aliphatic rings. The first-order chi connectivity index (χ1) is 11.3. The van der Waals surface area contributed by atoms with Crippen molar-refractivity contribution in [2.75, 3.05) is 59.5 Å². The van der Waals surface area contributed by atoms with Crippen LogP contribution in [-0.4, -0.2) is 107 Å². The Morgan fingerprint density at radius 1 is 1.00 bits per heavy atom. The van der Waals surface area contributed by atoms with Crippen LogP contribution in [0.25, 0.3) is 0 Å². The number of aliphatic hydroxyl groups excluding tert-OH is 1. The van der Waals surface area contributed by atoms with Crippen LogP contribution in [0.2, 0.25) is 0 Å². The third-order valence-electron chi connectivity index (χ3n) is 3.35. The zero-order valence-corrected chi connectivity index (χ0v) is 14.1. The molecule has 9 heteroatoms. The third-order valence-corrected chi connectivity index (χ3v) is 3.35. The molecule has 0 spiro atoms. The van der Waals surface area contributed by atoms with Crippen LogP contribution in [0.3, 0.4) is 0 Å². The van der Waals surface area contributed by atoms with E-state index >= 15 is 0 Å². The molecule has 0 atom stereocenters. The van der Waals surface area contributed by atoms with Crippen molar-refractivity contribution in [3.63, 3.8) is 0 Å². The van der Waals surface area contributed by atoms with Gasteiger partial charge < -0.3 is 20.2 Å². The van der Waals surface area contributed by atoms with Crippen molar-refractivity contribution >= 4 is 17.8 Å². The smallest absolute Gasteiger partial charge is 0.414 e. The van der Waals surface area contributed by atoms with Crippen LogP contribution in [-0.2, 0) is 14.4 Å². The van der Waals surface area contributed by atoms with Gasteiger partial charge in [-0.1, -0.05) is 11.8 Å². The van der Waals surface area contributed by atoms with Gasteiger partial charge in [0.05, 0.1) is 19.7 Å². The van der Waals surface area contributed by atoms with Gasteiger partial charge in [0.1, 0.15) is 0 Å². The van der Waals surface area contributed by atoms with Crippen LogP contribution < -0.4 is 0 Å². The number of carbonyl (C=O) groups is 3. The molecule has 0 aliphatic carbocycles. The minimum absolute atomic E-state index is 0.0434. The number of nitrogens with zero attached hydrogens (tertiary/aromatic N) is 3. The fourth-order valence-corrected chi connectivity index (χ4v) is 1.77. The molecule has 1 heterocycles. The van der Waals surface area contributed by atoms with E-state index in [-0.39, 0.29) is 12.5 Å². The zero-order valence-electron chi connectivity index (χ0n) is 14.1. The van der Waals surface area contributed by atoms with Crippen molar-refractivity contribution in [3.05, 3.63) is 0 Å². The Labute approximate surface area is 141 Å². The van der Waals surface area contributed by atoms with Crippen LogP contribution >= 0.6 is 0 Å². The van der Waals surface area contributed by atoms with Crippen LogP contribution in [0.5, 0.6) is 0 Å². The number of piperazine rings is 1. The molecule has 0 radical (unpaired) electrons. The van der Waals surface area contributed by atoms with Crippen LogP contribution in [0.1, 0.15) is 6.92 Å². The Kier molecular flexibility index (Phi) is 11.2. The molecule has 0 saturated carbocycles. The third kappa shape index (κ3) is 10.6. The Morgan fingerprint density at radius 2 is 1.50 bits per heavy atom. The normalized spacial score (nSPS) is 14.6. The fourth-order valence-electron chi connectivity index (χ4n) is 1.77. The number of carbonyl (C=O) groups excluding carboxylic acids is 1. The lowest BCUT2D eigenvalue weighted by Gasteiger charge is -2.33. The Bertz CT molecular complexity index is 465. The highest BCUT2D eigenvalue weighted by Gasteiger charge is 2.14. The summed E-state index contributed by atoms with van der Waals surface area (Å²) in [7, 11) is 1.75. The number of carboxylic acid groups (broad SMARTS) is 2. The molecule has 24 heavy (non-hydrogen) atoms. The van der Waals surface area contributed by atoms with Gasteiger partial charge in [0.2, 0.25) is 5.91 Å². The first-order valence-electron chi connectivity index (χ1n) is 7.47. The summed E-state index contributed by atoms with van der Waals surface area (Å²) in [6, 6.07) is 0. The van der Waals surface area contributed by atoms with Crippen molar-refractivity contribution in [1.82, 2.24) is 14.7 Å². The van der Waals surface area contributed by atoms with E-state index in [4.69, 9.17) is 24.9 Å². The van der Waals surface area contributed by atoms with Gasteiger partial charge in [-0.2, -0.15) is 0 Å². The summed E-state index contributed by atoms with van der Waals surface area (Å²) in [5.74, 6) is 2.51. The monoisotopic (exact) mass is 343 g/mol. The van der Waals surface area contributed by atoms with E-state index in [1.54, 1.807) is 18.9 Å². The van der Waals surface area contributed by atoms with Gasteiger partial charge in [-0.15, -0.1) is 0 Å². The SMILES string of the molecule is CC(=O)N(C)CC#CCN1CCN(CCO)CC1.O=C(O)C(=O)O. The minimum atomic E-state index is -1.82.